The lowest BCUT2D eigenvalue weighted by Crippen LogP contribution is -2.25. The molecule has 1 aromatic carbocycles. The summed E-state index contributed by atoms with van der Waals surface area (Å²) >= 11 is 0. The first-order valence-electron chi connectivity index (χ1n) is 6.34. The molecule has 0 saturated carbocycles. The van der Waals surface area contributed by atoms with Crippen LogP contribution in [-0.4, -0.2) is 18.9 Å². The van der Waals surface area contributed by atoms with E-state index in [0.29, 0.717) is 5.56 Å². The fraction of sp³-hybridized carbons (Fsp3) is 0.143. The van der Waals surface area contributed by atoms with E-state index in [2.05, 4.69) is 5.32 Å². The smallest absolute Gasteiger partial charge is 0.251 e. The molecule has 1 amide bonds. The fourth-order valence-electron chi connectivity index (χ4n) is 1.77. The van der Waals surface area contributed by atoms with E-state index < -0.39 is 10.0 Å². The number of hydrogen-bond donors (Lipinski definition) is 2. The largest absolute Gasteiger partial charge is 0.348 e. The molecule has 1 aromatic heterocycles. The van der Waals surface area contributed by atoms with Gasteiger partial charge in [-0.05, 0) is 23.8 Å². The highest BCUT2D eigenvalue weighted by molar-refractivity contribution is 7.89. The van der Waals surface area contributed by atoms with Crippen LogP contribution in [0.25, 0.3) is 0 Å². The molecule has 0 radical (unpaired) electrons. The molecule has 0 fully saturated rings. The highest BCUT2D eigenvalue weighted by atomic mass is 32.2. The van der Waals surface area contributed by atoms with Crippen molar-refractivity contribution in [3.63, 3.8) is 0 Å². The van der Waals surface area contributed by atoms with Gasteiger partial charge in [0.2, 0.25) is 10.0 Å². The summed E-state index contributed by atoms with van der Waals surface area (Å²) in [6, 6.07) is 8.65. The van der Waals surface area contributed by atoms with Crippen LogP contribution in [0.3, 0.4) is 0 Å². The van der Waals surface area contributed by atoms with Crippen molar-refractivity contribution in [2.75, 3.05) is 0 Å². The molecule has 22 heavy (non-hydrogen) atoms. The normalized spacial score (nSPS) is 11.2. The van der Waals surface area contributed by atoms with Gasteiger partial charge in [0.1, 0.15) is 0 Å². The molecule has 0 spiro atoms. The highest BCUT2D eigenvalue weighted by Gasteiger charge is 2.09. The summed E-state index contributed by atoms with van der Waals surface area (Å²) in [7, 11) is -2.13. The van der Waals surface area contributed by atoms with Gasteiger partial charge in [-0.15, -0.1) is 0 Å². The Kier molecular flexibility index (Phi) is 4.43. The van der Waals surface area contributed by atoms with Crippen molar-refractivity contribution < 1.29 is 13.2 Å². The Morgan fingerprint density at radius 1 is 1.23 bits per heavy atom. The molecule has 0 bridgehead atoms. The number of aryl methyl sites for hydroxylation is 1. The van der Waals surface area contributed by atoms with Gasteiger partial charge in [0, 0.05) is 31.4 Å². The first kappa shape index (κ1) is 15.9. The minimum atomic E-state index is -3.73. The number of benzene rings is 1. The Balaban J connectivity index is 2.05. The zero-order valence-corrected chi connectivity index (χ0v) is 12.6. The Morgan fingerprint density at radius 2 is 1.86 bits per heavy atom. The third-order valence-corrected chi connectivity index (χ3v) is 4.00. The highest BCUT2D eigenvalue weighted by Crippen LogP contribution is 2.08. The van der Waals surface area contributed by atoms with Crippen LogP contribution in [-0.2, 0) is 23.6 Å². The lowest BCUT2D eigenvalue weighted by Gasteiger charge is -2.06. The SMILES string of the molecule is Cn1ccc(C(=O)NCc2ccc(S(N)(=O)=O)cc2)cc1=O. The summed E-state index contributed by atoms with van der Waals surface area (Å²) in [6.45, 7) is 0.207. The monoisotopic (exact) mass is 321 g/mol. The second-order valence-electron chi connectivity index (χ2n) is 4.74. The average molecular weight is 321 g/mol. The van der Waals surface area contributed by atoms with E-state index in [0.717, 1.165) is 0 Å². The molecular weight excluding hydrogens is 306 g/mol. The van der Waals surface area contributed by atoms with Gasteiger partial charge in [0.05, 0.1) is 4.90 Å². The molecule has 116 valence electrons. The number of carbonyl (C=O) groups is 1. The fourth-order valence-corrected chi connectivity index (χ4v) is 2.29. The lowest BCUT2D eigenvalue weighted by molar-refractivity contribution is 0.0950. The average Bonchev–Trinajstić information content (AvgIpc) is 2.47. The summed E-state index contributed by atoms with van der Waals surface area (Å²) in [5, 5.41) is 7.65. The van der Waals surface area contributed by atoms with Crippen molar-refractivity contribution in [2.45, 2.75) is 11.4 Å². The zero-order valence-electron chi connectivity index (χ0n) is 11.8. The summed E-state index contributed by atoms with van der Waals surface area (Å²) in [4.78, 5) is 23.4. The van der Waals surface area contributed by atoms with Gasteiger partial charge in [0.25, 0.3) is 11.5 Å². The molecule has 0 atom stereocenters. The molecule has 1 heterocycles. The van der Waals surface area contributed by atoms with Gasteiger partial charge in [-0.3, -0.25) is 9.59 Å². The van der Waals surface area contributed by atoms with Gasteiger partial charge in [-0.2, -0.15) is 0 Å². The molecule has 2 aromatic rings. The van der Waals surface area contributed by atoms with Gasteiger partial charge < -0.3 is 9.88 Å². The van der Waals surface area contributed by atoms with Crippen LogP contribution < -0.4 is 16.0 Å². The molecule has 0 unspecified atom stereocenters. The van der Waals surface area contributed by atoms with Crippen LogP contribution in [0.4, 0.5) is 0 Å². The van der Waals surface area contributed by atoms with E-state index in [4.69, 9.17) is 5.14 Å². The number of nitrogens with one attached hydrogen (secondary N) is 1. The van der Waals surface area contributed by atoms with Crippen LogP contribution in [0.15, 0.2) is 52.3 Å². The second kappa shape index (κ2) is 6.12. The van der Waals surface area contributed by atoms with Crippen molar-refractivity contribution in [3.8, 4) is 0 Å². The van der Waals surface area contributed by atoms with Crippen LogP contribution >= 0.6 is 0 Å². The van der Waals surface area contributed by atoms with Crippen molar-refractivity contribution >= 4 is 15.9 Å². The summed E-state index contributed by atoms with van der Waals surface area (Å²) in [5.74, 6) is -0.381. The number of sulfonamides is 1. The number of amides is 1. The van der Waals surface area contributed by atoms with E-state index in [-0.39, 0.29) is 28.5 Å². The van der Waals surface area contributed by atoms with Crippen molar-refractivity contribution in [1.29, 1.82) is 0 Å². The maximum Gasteiger partial charge on any atom is 0.251 e. The predicted molar refractivity (Wildman–Crippen MR) is 80.7 cm³/mol. The number of hydrogen-bond acceptors (Lipinski definition) is 4. The number of aromatic nitrogens is 1. The third kappa shape index (κ3) is 3.80. The van der Waals surface area contributed by atoms with Crippen LogP contribution in [0.5, 0.6) is 0 Å². The molecule has 0 aliphatic rings. The van der Waals surface area contributed by atoms with Gasteiger partial charge >= 0.3 is 0 Å². The molecule has 2 rings (SSSR count). The topological polar surface area (TPSA) is 111 Å². The predicted octanol–water partition coefficient (Wildman–Crippen LogP) is -0.0373. The minimum Gasteiger partial charge on any atom is -0.348 e. The second-order valence-corrected chi connectivity index (χ2v) is 6.30. The standard InChI is InChI=1S/C14H15N3O4S/c1-17-7-6-11(8-13(17)18)14(19)16-9-10-2-4-12(5-3-10)22(15,20)21/h2-8H,9H2,1H3,(H,16,19)(H2,15,20,21). The summed E-state index contributed by atoms with van der Waals surface area (Å²) < 4.78 is 23.6. The quantitative estimate of drug-likeness (QED) is 0.823. The Bertz CT molecular complexity index is 854. The molecule has 3 N–H and O–H groups in total. The van der Waals surface area contributed by atoms with E-state index in [1.54, 1.807) is 25.2 Å². The zero-order chi connectivity index (χ0) is 16.3. The maximum atomic E-state index is 11.9. The van der Waals surface area contributed by atoms with Crippen LogP contribution in [0, 0.1) is 0 Å². The number of pyridine rings is 1. The van der Waals surface area contributed by atoms with Crippen molar-refractivity contribution in [1.82, 2.24) is 9.88 Å². The first-order chi connectivity index (χ1) is 10.3. The van der Waals surface area contributed by atoms with E-state index in [9.17, 15) is 18.0 Å². The number of carbonyl (C=O) groups excluding carboxylic acids is 1. The van der Waals surface area contributed by atoms with Gasteiger partial charge in [-0.1, -0.05) is 12.1 Å². The molecule has 0 saturated heterocycles. The maximum absolute atomic E-state index is 11.9. The van der Waals surface area contributed by atoms with E-state index in [1.807, 2.05) is 0 Å². The van der Waals surface area contributed by atoms with Crippen LogP contribution in [0.2, 0.25) is 0 Å². The Hall–Kier alpha value is -2.45. The summed E-state index contributed by atoms with van der Waals surface area (Å²) in [6.07, 6.45) is 1.51. The molecule has 7 nitrogen and oxygen atoms in total. The number of nitrogens with two attached hydrogens (primary N) is 1. The van der Waals surface area contributed by atoms with E-state index >= 15 is 0 Å². The molecule has 0 aliphatic carbocycles. The van der Waals surface area contributed by atoms with Crippen molar-refractivity contribution in [3.05, 3.63) is 64.1 Å². The molecule has 8 heteroatoms. The van der Waals surface area contributed by atoms with E-state index in [1.165, 1.54) is 29.0 Å². The number of nitrogens with zero attached hydrogens (tertiary/aromatic N) is 1. The molecule has 0 aliphatic heterocycles. The van der Waals surface area contributed by atoms with Crippen LogP contribution in [0.1, 0.15) is 15.9 Å². The third-order valence-electron chi connectivity index (χ3n) is 3.07. The lowest BCUT2D eigenvalue weighted by atomic mass is 10.2. The summed E-state index contributed by atoms with van der Waals surface area (Å²) in [5.41, 5.74) is 0.707. The molecular formula is C14H15N3O4S. The van der Waals surface area contributed by atoms with Gasteiger partial charge in [0.15, 0.2) is 0 Å². The minimum absolute atomic E-state index is 0.00846. The Morgan fingerprint density at radius 3 is 2.41 bits per heavy atom. The number of primary sulfonamides is 1. The first-order valence-corrected chi connectivity index (χ1v) is 7.88. The number of rotatable bonds is 4. The van der Waals surface area contributed by atoms with Gasteiger partial charge in [-0.25, -0.2) is 13.6 Å². The van der Waals surface area contributed by atoms with Crippen molar-refractivity contribution in [2.24, 2.45) is 12.2 Å². The Labute approximate surface area is 127 Å².